The Kier molecular flexibility index (Phi) is 45.0. The molecule has 0 aromatic heterocycles. The van der Waals surface area contributed by atoms with Crippen LogP contribution in [0.15, 0.2) is 0 Å². The molecule has 0 aliphatic carbocycles. The van der Waals surface area contributed by atoms with Crippen LogP contribution in [0, 0.1) is 0 Å². The van der Waals surface area contributed by atoms with Gasteiger partial charge in [0.1, 0.15) is 0 Å². The van der Waals surface area contributed by atoms with Crippen molar-refractivity contribution in [1.29, 1.82) is 0 Å². The Morgan fingerprint density at radius 1 is 0.765 bits per heavy atom. The van der Waals surface area contributed by atoms with Crippen molar-refractivity contribution in [2.24, 2.45) is 0 Å². The number of hydrogen-bond donors (Lipinski definition) is 1. The van der Waals surface area contributed by atoms with Crippen molar-refractivity contribution in [2.75, 3.05) is 6.54 Å². The zero-order chi connectivity index (χ0) is 13.2. The number of hydrogen-bond acceptors (Lipinski definition) is 1. The van der Waals surface area contributed by atoms with E-state index < -0.39 is 0 Å². The monoisotopic (exact) mass is 247 g/mol. The highest BCUT2D eigenvalue weighted by atomic mass is 14.9. The van der Waals surface area contributed by atoms with Gasteiger partial charge in [0.15, 0.2) is 0 Å². The maximum absolute atomic E-state index is 3.57. The Morgan fingerprint density at radius 2 is 1.12 bits per heavy atom. The highest BCUT2D eigenvalue weighted by Gasteiger charge is 2.03. The molecule has 0 aromatic rings. The van der Waals surface area contributed by atoms with Gasteiger partial charge in [-0.25, -0.2) is 0 Å². The Balaban J connectivity index is -0.000000122. The van der Waals surface area contributed by atoms with Gasteiger partial charge >= 0.3 is 0 Å². The third-order valence-corrected chi connectivity index (χ3v) is 1.96. The van der Waals surface area contributed by atoms with E-state index in [0.717, 1.165) is 6.04 Å². The molecule has 1 nitrogen and oxygen atoms in total. The molecule has 0 bridgehead atoms. The van der Waals surface area contributed by atoms with E-state index in [4.69, 9.17) is 0 Å². The molecular weight excluding hydrogens is 206 g/mol. The minimum Gasteiger partial charge on any atom is -0.314 e. The molecule has 0 saturated heterocycles. The van der Waals surface area contributed by atoms with Crippen LogP contribution in [-0.2, 0) is 0 Å². The van der Waals surface area contributed by atoms with Crippen molar-refractivity contribution in [3.05, 3.63) is 0 Å². The van der Waals surface area contributed by atoms with E-state index in [2.05, 4.69) is 39.9 Å². The topological polar surface area (TPSA) is 12.0 Å². The zero-order valence-electron chi connectivity index (χ0n) is 13.0. The molecule has 0 unspecified atom stereocenters. The van der Waals surface area contributed by atoms with Gasteiger partial charge in [0, 0.05) is 6.04 Å². The van der Waals surface area contributed by atoms with E-state index >= 15 is 0 Å². The van der Waals surface area contributed by atoms with Crippen molar-refractivity contribution < 1.29 is 0 Å². The minimum atomic E-state index is 0. The van der Waals surface area contributed by atoms with E-state index in [1.807, 2.05) is 13.8 Å². The summed E-state index contributed by atoms with van der Waals surface area (Å²) >= 11 is 0. The van der Waals surface area contributed by atoms with Crippen LogP contribution in [0.5, 0.6) is 0 Å². The van der Waals surface area contributed by atoms with E-state index in [0.29, 0.717) is 0 Å². The van der Waals surface area contributed by atoms with Crippen molar-refractivity contribution in [3.63, 3.8) is 0 Å². The lowest BCUT2D eigenvalue weighted by molar-refractivity contribution is 0.445. The second kappa shape index (κ2) is 29.7. The molecule has 1 N–H and O–H groups in total. The Bertz CT molecular complexity index is 75.6. The first-order valence-corrected chi connectivity index (χ1v) is 7.49. The first-order valence-electron chi connectivity index (χ1n) is 7.49. The molecule has 0 atom stereocenters. The summed E-state index contributed by atoms with van der Waals surface area (Å²) in [7, 11) is 0. The molecule has 0 fully saturated rings. The van der Waals surface area contributed by atoms with E-state index in [-0.39, 0.29) is 7.43 Å². The predicted octanol–water partition coefficient (Wildman–Crippen LogP) is 6.03. The standard InChI is InChI=1S/C10H23N.C3H8.C2H6.CH4/c1-4-7-10(8-5-2)11-9-6-3;1-3-2;1-2;/h10-11H,4-9H2,1-3H3;3H2,1-2H3;1-2H3;1H4. The molecule has 0 aliphatic heterocycles. The van der Waals surface area contributed by atoms with E-state index in [1.54, 1.807) is 0 Å². The summed E-state index contributed by atoms with van der Waals surface area (Å²) in [5.74, 6) is 0. The number of rotatable bonds is 7. The lowest BCUT2D eigenvalue weighted by Crippen LogP contribution is -2.29. The summed E-state index contributed by atoms with van der Waals surface area (Å²) in [5, 5.41) is 3.57. The van der Waals surface area contributed by atoms with Gasteiger partial charge in [-0.05, 0) is 25.8 Å². The summed E-state index contributed by atoms with van der Waals surface area (Å²) in [6.07, 6.45) is 7.80. The molecule has 0 aromatic carbocycles. The van der Waals surface area contributed by atoms with E-state index in [1.165, 1.54) is 45.1 Å². The molecule has 17 heavy (non-hydrogen) atoms. The summed E-state index contributed by atoms with van der Waals surface area (Å²) in [5.41, 5.74) is 0. The SMILES string of the molecule is C.CC.CCC.CCCNC(CCC)CCC. The fourth-order valence-electron chi connectivity index (χ4n) is 1.39. The normalized spacial score (nSPS) is 8.47. The molecule has 0 saturated carbocycles. The molecule has 1 heteroatoms. The summed E-state index contributed by atoms with van der Waals surface area (Å²) in [6, 6.07) is 0.782. The molecule has 0 radical (unpaired) electrons. The quantitative estimate of drug-likeness (QED) is 0.579. The van der Waals surface area contributed by atoms with Crippen molar-refractivity contribution in [1.82, 2.24) is 5.32 Å². The van der Waals surface area contributed by atoms with Gasteiger partial charge in [-0.2, -0.15) is 0 Å². The maximum atomic E-state index is 3.57. The van der Waals surface area contributed by atoms with Gasteiger partial charge in [0.05, 0.1) is 0 Å². The van der Waals surface area contributed by atoms with Gasteiger partial charge in [-0.15, -0.1) is 0 Å². The predicted molar refractivity (Wildman–Crippen MR) is 85.9 cm³/mol. The molecule has 110 valence electrons. The van der Waals surface area contributed by atoms with Gasteiger partial charge in [0.2, 0.25) is 0 Å². The van der Waals surface area contributed by atoms with Gasteiger partial charge < -0.3 is 5.32 Å². The number of nitrogens with one attached hydrogen (secondary N) is 1. The third-order valence-electron chi connectivity index (χ3n) is 1.96. The van der Waals surface area contributed by atoms with Gasteiger partial charge in [-0.3, -0.25) is 0 Å². The first kappa shape index (κ1) is 25.7. The van der Waals surface area contributed by atoms with Crippen LogP contribution in [-0.4, -0.2) is 12.6 Å². The third kappa shape index (κ3) is 31.4. The maximum Gasteiger partial charge on any atom is 0.00668 e. The molecule has 0 heterocycles. The van der Waals surface area contributed by atoms with Crippen LogP contribution in [0.4, 0.5) is 0 Å². The zero-order valence-corrected chi connectivity index (χ0v) is 13.0. The van der Waals surface area contributed by atoms with Crippen molar-refractivity contribution in [2.45, 2.75) is 100 Å². The van der Waals surface area contributed by atoms with Crippen LogP contribution in [0.25, 0.3) is 0 Å². The first-order chi connectivity index (χ1) is 7.76. The lowest BCUT2D eigenvalue weighted by Gasteiger charge is -2.16. The summed E-state index contributed by atoms with van der Waals surface area (Å²) in [6.45, 7) is 16.2. The Hall–Kier alpha value is -0.0400. The minimum absolute atomic E-state index is 0. The van der Waals surface area contributed by atoms with Crippen molar-refractivity contribution in [3.8, 4) is 0 Å². The van der Waals surface area contributed by atoms with E-state index in [9.17, 15) is 0 Å². The summed E-state index contributed by atoms with van der Waals surface area (Å²) in [4.78, 5) is 0. The smallest absolute Gasteiger partial charge is 0.00668 e. The van der Waals surface area contributed by atoms with Gasteiger partial charge in [-0.1, -0.05) is 75.2 Å². The van der Waals surface area contributed by atoms with Crippen LogP contribution in [0.1, 0.15) is 94.4 Å². The van der Waals surface area contributed by atoms with Gasteiger partial charge in [0.25, 0.3) is 0 Å². The molecule has 0 aliphatic rings. The average Bonchev–Trinajstić information content (AvgIpc) is 2.30. The Morgan fingerprint density at radius 3 is 1.35 bits per heavy atom. The second-order valence-electron chi connectivity index (χ2n) is 3.94. The molecule has 0 rings (SSSR count). The van der Waals surface area contributed by atoms with Crippen LogP contribution >= 0.6 is 0 Å². The highest BCUT2D eigenvalue weighted by Crippen LogP contribution is 2.03. The largest absolute Gasteiger partial charge is 0.314 e. The van der Waals surface area contributed by atoms with Crippen LogP contribution in [0.2, 0.25) is 0 Å². The Labute approximate surface area is 113 Å². The molecule has 0 spiro atoms. The fourth-order valence-corrected chi connectivity index (χ4v) is 1.39. The average molecular weight is 248 g/mol. The molecule has 0 amide bonds. The molecular formula is C16H41N. The second-order valence-corrected chi connectivity index (χ2v) is 3.94. The van der Waals surface area contributed by atoms with Crippen LogP contribution in [0.3, 0.4) is 0 Å². The highest BCUT2D eigenvalue weighted by molar-refractivity contribution is 4.64. The fraction of sp³-hybridized carbons (Fsp3) is 1.00. The lowest BCUT2D eigenvalue weighted by atomic mass is 10.1. The van der Waals surface area contributed by atoms with Crippen LogP contribution < -0.4 is 5.32 Å². The van der Waals surface area contributed by atoms with Crippen molar-refractivity contribution >= 4 is 0 Å². The summed E-state index contributed by atoms with van der Waals surface area (Å²) < 4.78 is 0.